The summed E-state index contributed by atoms with van der Waals surface area (Å²) in [6.45, 7) is 0.679. The number of hydrogen-bond acceptors (Lipinski definition) is 8. The van der Waals surface area contributed by atoms with Crippen LogP contribution in [0.5, 0.6) is 0 Å². The Bertz CT molecular complexity index is 1450. The number of aliphatic hydroxyl groups excluding tert-OH is 1. The van der Waals surface area contributed by atoms with Gasteiger partial charge in [0.05, 0.1) is 36.0 Å². The third-order valence-electron chi connectivity index (χ3n) is 6.68. The predicted octanol–water partition coefficient (Wildman–Crippen LogP) is 2.72. The minimum atomic E-state index is -2.99. The SMILES string of the molecule is Nc1ncnc2c1ncn2Cc1cc(-c2ccc(F)c(F)c2)ncc1N1CCC[C@](N)([C@H](O)C(F)F)C1. The molecule has 4 heterocycles. The quantitative estimate of drug-likeness (QED) is 0.334. The molecule has 1 saturated heterocycles. The Labute approximate surface area is 208 Å². The van der Waals surface area contributed by atoms with Gasteiger partial charge in [0.2, 0.25) is 0 Å². The molecule has 5 N–H and O–H groups in total. The fraction of sp³-hybridized carbons (Fsp3) is 0.333. The van der Waals surface area contributed by atoms with Crippen LogP contribution in [0.3, 0.4) is 0 Å². The number of piperidine rings is 1. The molecule has 1 aliphatic heterocycles. The number of nitrogens with two attached hydrogens (primary N) is 2. The standard InChI is InChI=1S/C24H24F4N8O/c25-15-3-2-13(6-16(15)26)17-7-14(9-36-12-34-19-22(29)32-11-33-23(19)36)18(8-31-17)35-5-1-4-24(30,10-35)20(37)21(27)28/h2-3,6-8,11-12,20-21,37H,1,4-5,9-10,30H2,(H2,29,32,33)/t20-,24-/m1/s1. The summed E-state index contributed by atoms with van der Waals surface area (Å²) in [5.41, 5.74) is 13.5. The molecule has 0 bridgehead atoms. The summed E-state index contributed by atoms with van der Waals surface area (Å²) in [7, 11) is 0. The minimum Gasteiger partial charge on any atom is -0.385 e. The van der Waals surface area contributed by atoms with E-state index in [0.717, 1.165) is 12.1 Å². The monoisotopic (exact) mass is 516 g/mol. The van der Waals surface area contributed by atoms with Crippen LogP contribution in [-0.4, -0.2) is 60.8 Å². The highest BCUT2D eigenvalue weighted by molar-refractivity contribution is 5.81. The van der Waals surface area contributed by atoms with Gasteiger partial charge in [0.1, 0.15) is 17.9 Å². The zero-order valence-corrected chi connectivity index (χ0v) is 19.5. The lowest BCUT2D eigenvalue weighted by atomic mass is 9.84. The van der Waals surface area contributed by atoms with E-state index in [1.165, 1.54) is 18.6 Å². The first-order chi connectivity index (χ1) is 17.7. The van der Waals surface area contributed by atoms with Crippen molar-refractivity contribution < 1.29 is 22.7 Å². The van der Waals surface area contributed by atoms with Crippen LogP contribution in [0.1, 0.15) is 18.4 Å². The summed E-state index contributed by atoms with van der Waals surface area (Å²) in [6, 6.07) is 5.18. The number of nitrogens with zero attached hydrogens (tertiary/aromatic N) is 6. The Kier molecular flexibility index (Phi) is 6.42. The van der Waals surface area contributed by atoms with Crippen molar-refractivity contribution in [3.63, 3.8) is 0 Å². The van der Waals surface area contributed by atoms with Gasteiger partial charge in [0.25, 0.3) is 6.43 Å². The van der Waals surface area contributed by atoms with E-state index in [0.29, 0.717) is 46.6 Å². The molecule has 5 rings (SSSR count). The van der Waals surface area contributed by atoms with E-state index in [4.69, 9.17) is 11.5 Å². The van der Waals surface area contributed by atoms with Crippen LogP contribution >= 0.6 is 0 Å². The van der Waals surface area contributed by atoms with Gasteiger partial charge >= 0.3 is 0 Å². The van der Waals surface area contributed by atoms with Gasteiger partial charge in [-0.25, -0.2) is 32.5 Å². The fourth-order valence-corrected chi connectivity index (χ4v) is 4.72. The van der Waals surface area contributed by atoms with Crippen LogP contribution in [-0.2, 0) is 6.54 Å². The summed E-state index contributed by atoms with van der Waals surface area (Å²) < 4.78 is 55.9. The van der Waals surface area contributed by atoms with E-state index in [1.54, 1.807) is 21.9 Å². The van der Waals surface area contributed by atoms with Crippen molar-refractivity contribution in [2.24, 2.45) is 5.73 Å². The molecule has 0 saturated carbocycles. The topological polar surface area (TPSA) is 132 Å². The molecule has 0 unspecified atom stereocenters. The van der Waals surface area contributed by atoms with Crippen molar-refractivity contribution in [2.45, 2.75) is 37.5 Å². The Morgan fingerprint density at radius 3 is 2.65 bits per heavy atom. The van der Waals surface area contributed by atoms with Crippen molar-refractivity contribution in [2.75, 3.05) is 23.7 Å². The molecule has 1 fully saturated rings. The van der Waals surface area contributed by atoms with E-state index >= 15 is 0 Å². The lowest BCUT2D eigenvalue weighted by molar-refractivity contribution is -0.0529. The number of hydrogen-bond donors (Lipinski definition) is 3. The molecule has 4 aromatic rings. The number of pyridine rings is 1. The van der Waals surface area contributed by atoms with E-state index in [-0.39, 0.29) is 25.3 Å². The Balaban J connectivity index is 1.58. The van der Waals surface area contributed by atoms with Crippen molar-refractivity contribution in [1.29, 1.82) is 0 Å². The zero-order chi connectivity index (χ0) is 26.3. The van der Waals surface area contributed by atoms with Gasteiger partial charge in [-0.15, -0.1) is 0 Å². The summed E-state index contributed by atoms with van der Waals surface area (Å²) in [5, 5.41) is 10.1. The van der Waals surface area contributed by atoms with Crippen LogP contribution in [0.25, 0.3) is 22.4 Å². The molecule has 0 spiro atoms. The molecule has 0 aliphatic carbocycles. The van der Waals surface area contributed by atoms with Gasteiger partial charge in [0, 0.05) is 18.7 Å². The molecule has 3 aromatic heterocycles. The van der Waals surface area contributed by atoms with E-state index < -0.39 is 29.7 Å². The second-order valence-corrected chi connectivity index (χ2v) is 9.17. The van der Waals surface area contributed by atoms with Gasteiger partial charge in [-0.1, -0.05) is 0 Å². The molecule has 1 aliphatic rings. The Morgan fingerprint density at radius 2 is 1.89 bits per heavy atom. The van der Waals surface area contributed by atoms with Crippen molar-refractivity contribution in [3.8, 4) is 11.3 Å². The number of alkyl halides is 2. The lowest BCUT2D eigenvalue weighted by Crippen LogP contribution is -2.63. The second kappa shape index (κ2) is 9.56. The van der Waals surface area contributed by atoms with Crippen molar-refractivity contribution in [1.82, 2.24) is 24.5 Å². The number of aromatic nitrogens is 5. The molecule has 0 amide bonds. The number of nitrogen functional groups attached to an aromatic ring is 1. The maximum Gasteiger partial charge on any atom is 0.265 e. The lowest BCUT2D eigenvalue weighted by Gasteiger charge is -2.44. The first-order valence-corrected chi connectivity index (χ1v) is 11.5. The van der Waals surface area contributed by atoms with E-state index in [9.17, 15) is 22.7 Å². The van der Waals surface area contributed by atoms with E-state index in [1.807, 2.05) is 0 Å². The molecule has 2 atom stereocenters. The number of imidazole rings is 1. The van der Waals surface area contributed by atoms with Gasteiger partial charge in [-0.05, 0) is 42.7 Å². The molecular weight excluding hydrogens is 492 g/mol. The molecule has 0 radical (unpaired) electrons. The molecule has 13 heteroatoms. The number of halogens is 4. The third-order valence-corrected chi connectivity index (χ3v) is 6.68. The van der Waals surface area contributed by atoms with Gasteiger partial charge in [-0.2, -0.15) is 0 Å². The number of benzene rings is 1. The molecule has 1 aromatic carbocycles. The Hall–Kier alpha value is -3.84. The molecule has 37 heavy (non-hydrogen) atoms. The van der Waals surface area contributed by atoms with Gasteiger partial charge < -0.3 is 26.0 Å². The summed E-state index contributed by atoms with van der Waals surface area (Å²) in [5.74, 6) is -1.78. The first kappa shape index (κ1) is 24.8. The number of fused-ring (bicyclic) bond motifs is 1. The average molecular weight is 517 g/mol. The maximum atomic E-state index is 13.9. The highest BCUT2D eigenvalue weighted by Crippen LogP contribution is 2.33. The maximum absolute atomic E-state index is 13.9. The Morgan fingerprint density at radius 1 is 1.08 bits per heavy atom. The highest BCUT2D eigenvalue weighted by atomic mass is 19.3. The highest BCUT2D eigenvalue weighted by Gasteiger charge is 2.43. The minimum absolute atomic E-state index is 0.0303. The third kappa shape index (κ3) is 4.67. The van der Waals surface area contributed by atoms with Gasteiger partial charge in [0.15, 0.2) is 23.1 Å². The first-order valence-electron chi connectivity index (χ1n) is 11.5. The largest absolute Gasteiger partial charge is 0.385 e. The molecule has 9 nitrogen and oxygen atoms in total. The number of anilines is 2. The second-order valence-electron chi connectivity index (χ2n) is 9.17. The number of aliphatic hydroxyl groups is 1. The molecular formula is C24H24F4N8O. The van der Waals surface area contributed by atoms with Crippen LogP contribution in [0.15, 0.2) is 43.1 Å². The van der Waals surface area contributed by atoms with Crippen LogP contribution in [0.2, 0.25) is 0 Å². The van der Waals surface area contributed by atoms with Crippen LogP contribution in [0.4, 0.5) is 29.1 Å². The van der Waals surface area contributed by atoms with Crippen molar-refractivity contribution in [3.05, 3.63) is 60.3 Å². The average Bonchev–Trinajstić information content (AvgIpc) is 3.29. The summed E-state index contributed by atoms with van der Waals surface area (Å²) in [6.07, 6.45) is 0.117. The summed E-state index contributed by atoms with van der Waals surface area (Å²) >= 11 is 0. The van der Waals surface area contributed by atoms with Crippen LogP contribution in [0, 0.1) is 11.6 Å². The predicted molar refractivity (Wildman–Crippen MR) is 129 cm³/mol. The van der Waals surface area contributed by atoms with Crippen molar-refractivity contribution >= 4 is 22.7 Å². The summed E-state index contributed by atoms with van der Waals surface area (Å²) in [4.78, 5) is 18.7. The fourth-order valence-electron chi connectivity index (χ4n) is 4.72. The molecule has 194 valence electrons. The smallest absolute Gasteiger partial charge is 0.265 e. The normalized spacial score (nSPS) is 19.1. The zero-order valence-electron chi connectivity index (χ0n) is 19.5. The van der Waals surface area contributed by atoms with E-state index in [2.05, 4.69) is 19.9 Å². The number of rotatable bonds is 6. The van der Waals surface area contributed by atoms with Gasteiger partial charge in [-0.3, -0.25) is 4.98 Å². The van der Waals surface area contributed by atoms with Crippen LogP contribution < -0.4 is 16.4 Å².